The van der Waals surface area contributed by atoms with Gasteiger partial charge in [-0.15, -0.1) is 0 Å². The molecule has 2 N–H and O–H groups in total. The van der Waals surface area contributed by atoms with Gasteiger partial charge in [0.1, 0.15) is 0 Å². The van der Waals surface area contributed by atoms with E-state index in [1.54, 1.807) is 0 Å². The fourth-order valence-corrected chi connectivity index (χ4v) is 1.55. The Labute approximate surface area is 85.2 Å². The van der Waals surface area contributed by atoms with Gasteiger partial charge in [-0.1, -0.05) is 37.3 Å². The molecule has 2 unspecified atom stereocenters. The first-order chi connectivity index (χ1) is 6.75. The summed E-state index contributed by atoms with van der Waals surface area (Å²) in [7, 11) is 0. The van der Waals surface area contributed by atoms with Crippen LogP contribution in [0.4, 0.5) is 0 Å². The molecule has 14 heavy (non-hydrogen) atoms. The molecule has 78 valence electrons. The van der Waals surface area contributed by atoms with Crippen molar-refractivity contribution in [2.24, 2.45) is 5.92 Å². The summed E-state index contributed by atoms with van der Waals surface area (Å²) in [6.07, 6.45) is 1.19. The fourth-order valence-electron chi connectivity index (χ4n) is 1.55. The van der Waals surface area contributed by atoms with E-state index >= 15 is 0 Å². The van der Waals surface area contributed by atoms with Crippen LogP contribution < -0.4 is 0 Å². The van der Waals surface area contributed by atoms with Crippen LogP contribution in [0.1, 0.15) is 31.4 Å². The lowest BCUT2D eigenvalue weighted by atomic mass is 9.93. The summed E-state index contributed by atoms with van der Waals surface area (Å²) in [5.41, 5.74) is 0.956. The maximum atomic E-state index is 9.93. The standard InChI is InChI=1S/C12H18O2/c1-10(6-5-9-13)12(14)11-7-3-2-4-8-11/h2-4,7-8,10,12-14H,5-6,9H2,1H3. The molecule has 0 saturated carbocycles. The van der Waals surface area contributed by atoms with Crippen LogP contribution in [0.5, 0.6) is 0 Å². The van der Waals surface area contributed by atoms with Crippen molar-refractivity contribution in [1.29, 1.82) is 0 Å². The van der Waals surface area contributed by atoms with Gasteiger partial charge in [0.2, 0.25) is 0 Å². The minimum atomic E-state index is -0.414. The summed E-state index contributed by atoms with van der Waals surface area (Å²) < 4.78 is 0. The highest BCUT2D eigenvalue weighted by atomic mass is 16.3. The number of benzene rings is 1. The third-order valence-electron chi connectivity index (χ3n) is 2.50. The first-order valence-electron chi connectivity index (χ1n) is 5.09. The fraction of sp³-hybridized carbons (Fsp3) is 0.500. The molecule has 1 rings (SSSR count). The lowest BCUT2D eigenvalue weighted by Gasteiger charge is -2.18. The zero-order valence-electron chi connectivity index (χ0n) is 8.56. The van der Waals surface area contributed by atoms with Crippen molar-refractivity contribution >= 4 is 0 Å². The molecule has 2 atom stereocenters. The second-order valence-corrected chi connectivity index (χ2v) is 3.70. The van der Waals surface area contributed by atoms with Gasteiger partial charge in [-0.05, 0) is 24.3 Å². The third-order valence-corrected chi connectivity index (χ3v) is 2.50. The third kappa shape index (κ3) is 3.13. The largest absolute Gasteiger partial charge is 0.396 e. The molecule has 1 aromatic carbocycles. The Kier molecular flexibility index (Phi) is 4.63. The zero-order chi connectivity index (χ0) is 10.4. The predicted molar refractivity (Wildman–Crippen MR) is 56.9 cm³/mol. The average molecular weight is 194 g/mol. The van der Waals surface area contributed by atoms with Crippen molar-refractivity contribution in [1.82, 2.24) is 0 Å². The molecule has 0 spiro atoms. The van der Waals surface area contributed by atoms with Crippen LogP contribution in [0.25, 0.3) is 0 Å². The monoisotopic (exact) mass is 194 g/mol. The molecule has 2 heteroatoms. The smallest absolute Gasteiger partial charge is 0.0815 e. The van der Waals surface area contributed by atoms with E-state index in [0.29, 0.717) is 0 Å². The van der Waals surface area contributed by atoms with Crippen molar-refractivity contribution < 1.29 is 10.2 Å². The van der Waals surface area contributed by atoms with Crippen LogP contribution in [-0.4, -0.2) is 16.8 Å². The van der Waals surface area contributed by atoms with Gasteiger partial charge < -0.3 is 10.2 Å². The molecular weight excluding hydrogens is 176 g/mol. The Morgan fingerprint density at radius 2 is 1.86 bits per heavy atom. The predicted octanol–water partition coefficient (Wildman–Crippen LogP) is 2.13. The number of hydrogen-bond donors (Lipinski definition) is 2. The molecule has 0 saturated heterocycles. The molecule has 0 radical (unpaired) electrons. The normalized spacial score (nSPS) is 15.1. The first kappa shape index (κ1) is 11.2. The first-order valence-corrected chi connectivity index (χ1v) is 5.09. The van der Waals surface area contributed by atoms with E-state index in [1.807, 2.05) is 37.3 Å². The average Bonchev–Trinajstić information content (AvgIpc) is 2.26. The van der Waals surface area contributed by atoms with Gasteiger partial charge in [0.25, 0.3) is 0 Å². The maximum absolute atomic E-state index is 9.93. The second-order valence-electron chi connectivity index (χ2n) is 3.70. The maximum Gasteiger partial charge on any atom is 0.0815 e. The van der Waals surface area contributed by atoms with E-state index in [2.05, 4.69) is 0 Å². The lowest BCUT2D eigenvalue weighted by molar-refractivity contribution is 0.107. The Morgan fingerprint density at radius 1 is 1.21 bits per heavy atom. The summed E-state index contributed by atoms with van der Waals surface area (Å²) >= 11 is 0. The molecule has 0 aromatic heterocycles. The molecule has 1 aromatic rings. The van der Waals surface area contributed by atoms with Crippen molar-refractivity contribution in [2.75, 3.05) is 6.61 Å². The molecule has 0 aliphatic carbocycles. The molecule has 2 nitrogen and oxygen atoms in total. The van der Waals surface area contributed by atoms with Crippen LogP contribution in [-0.2, 0) is 0 Å². The van der Waals surface area contributed by atoms with E-state index < -0.39 is 6.10 Å². The SMILES string of the molecule is CC(CCCO)C(O)c1ccccc1. The molecular formula is C12H18O2. The van der Waals surface area contributed by atoms with Gasteiger partial charge in [0.05, 0.1) is 6.10 Å². The second kappa shape index (κ2) is 5.78. The topological polar surface area (TPSA) is 40.5 Å². The van der Waals surface area contributed by atoms with Gasteiger partial charge >= 0.3 is 0 Å². The van der Waals surface area contributed by atoms with Gasteiger partial charge in [-0.3, -0.25) is 0 Å². The minimum Gasteiger partial charge on any atom is -0.396 e. The van der Waals surface area contributed by atoms with Gasteiger partial charge in [-0.25, -0.2) is 0 Å². The Morgan fingerprint density at radius 3 is 2.43 bits per heavy atom. The summed E-state index contributed by atoms with van der Waals surface area (Å²) in [4.78, 5) is 0. The van der Waals surface area contributed by atoms with Crippen molar-refractivity contribution in [3.8, 4) is 0 Å². The van der Waals surface area contributed by atoms with E-state index in [9.17, 15) is 5.11 Å². The molecule has 0 aliphatic rings. The van der Waals surface area contributed by atoms with E-state index in [4.69, 9.17) is 5.11 Å². The number of rotatable bonds is 5. The lowest BCUT2D eigenvalue weighted by Crippen LogP contribution is -2.09. The highest BCUT2D eigenvalue weighted by molar-refractivity contribution is 5.17. The van der Waals surface area contributed by atoms with Gasteiger partial charge in [-0.2, -0.15) is 0 Å². The van der Waals surface area contributed by atoms with Crippen molar-refractivity contribution in [3.63, 3.8) is 0 Å². The summed E-state index contributed by atoms with van der Waals surface area (Å²) in [6, 6.07) is 9.66. The van der Waals surface area contributed by atoms with E-state index in [0.717, 1.165) is 18.4 Å². The molecule has 0 aliphatic heterocycles. The molecule has 0 bridgehead atoms. The number of hydrogen-bond acceptors (Lipinski definition) is 2. The van der Waals surface area contributed by atoms with Gasteiger partial charge in [0, 0.05) is 6.61 Å². The summed E-state index contributed by atoms with van der Waals surface area (Å²) in [5.74, 6) is 0.199. The number of aliphatic hydroxyl groups is 2. The zero-order valence-corrected chi connectivity index (χ0v) is 8.56. The van der Waals surface area contributed by atoms with E-state index in [1.165, 1.54) is 0 Å². The van der Waals surface area contributed by atoms with Crippen LogP contribution in [0, 0.1) is 5.92 Å². The number of aliphatic hydroxyl groups excluding tert-OH is 2. The molecule has 0 amide bonds. The quantitative estimate of drug-likeness (QED) is 0.753. The highest BCUT2D eigenvalue weighted by Gasteiger charge is 2.14. The Bertz CT molecular complexity index is 246. The summed E-state index contributed by atoms with van der Waals surface area (Å²) in [6.45, 7) is 2.21. The Hall–Kier alpha value is -0.860. The van der Waals surface area contributed by atoms with Crippen LogP contribution in [0.15, 0.2) is 30.3 Å². The minimum absolute atomic E-state index is 0.199. The van der Waals surface area contributed by atoms with Crippen molar-refractivity contribution in [3.05, 3.63) is 35.9 Å². The summed E-state index contributed by atoms with van der Waals surface area (Å²) in [5, 5.41) is 18.6. The Balaban J connectivity index is 2.52. The van der Waals surface area contributed by atoms with Crippen LogP contribution in [0.2, 0.25) is 0 Å². The molecule has 0 heterocycles. The highest BCUT2D eigenvalue weighted by Crippen LogP contribution is 2.24. The van der Waals surface area contributed by atoms with Crippen molar-refractivity contribution in [2.45, 2.75) is 25.9 Å². The van der Waals surface area contributed by atoms with Crippen LogP contribution in [0.3, 0.4) is 0 Å². The van der Waals surface area contributed by atoms with E-state index in [-0.39, 0.29) is 12.5 Å². The molecule has 0 fully saturated rings. The van der Waals surface area contributed by atoms with Crippen LogP contribution >= 0.6 is 0 Å². The van der Waals surface area contributed by atoms with Gasteiger partial charge in [0.15, 0.2) is 0 Å².